The van der Waals surface area contributed by atoms with Crippen molar-refractivity contribution < 1.29 is 39.0 Å². The molecule has 0 bridgehead atoms. The summed E-state index contributed by atoms with van der Waals surface area (Å²) in [6.45, 7) is 0.599. The smallest absolute Gasteiger partial charge is 0.326 e. The normalized spacial score (nSPS) is 20.2. The van der Waals surface area contributed by atoms with Crippen LogP contribution in [-0.2, 0) is 41.7 Å². The maximum atomic E-state index is 14.4. The summed E-state index contributed by atoms with van der Waals surface area (Å²) in [5, 5.41) is 28.9. The maximum Gasteiger partial charge on any atom is 0.326 e. The number of unbranched alkanes of at least 4 members (excludes halogenated alkanes) is 8. The highest BCUT2D eigenvalue weighted by Crippen LogP contribution is 2.41. The number of nitrogens with one attached hydrogen (secondary N) is 3. The van der Waals surface area contributed by atoms with Crippen LogP contribution in [-0.4, -0.2) is 130 Å². The van der Waals surface area contributed by atoms with E-state index in [1.54, 1.807) is 0 Å². The number of hydrogen-bond donors (Lipinski definition) is 10. The molecule has 20 heteroatoms. The van der Waals surface area contributed by atoms with Gasteiger partial charge >= 0.3 is 5.97 Å². The summed E-state index contributed by atoms with van der Waals surface area (Å²) in [4.78, 5) is 90.5. The third-order valence-electron chi connectivity index (χ3n) is 13.0. The van der Waals surface area contributed by atoms with Gasteiger partial charge in [0.2, 0.25) is 29.5 Å². The number of amides is 5. The molecule has 0 spiro atoms. The highest BCUT2D eigenvalue weighted by atomic mass is 16.4. The molecule has 20 nitrogen and oxygen atoms in total. The highest BCUT2D eigenvalue weighted by Gasteiger charge is 2.51. The first kappa shape index (κ1) is 53.1. The van der Waals surface area contributed by atoms with Gasteiger partial charge in [-0.2, -0.15) is 0 Å². The minimum Gasteiger partial charge on any atom is -0.480 e. The van der Waals surface area contributed by atoms with E-state index in [1.807, 2.05) is 24.3 Å². The lowest BCUT2D eigenvalue weighted by molar-refractivity contribution is -0.156. The number of likely N-dealkylation sites (tertiary alicyclic amines) is 1. The number of nitrogens with two attached hydrogens (primary N) is 5. The Bertz CT molecular complexity index is 1820. The van der Waals surface area contributed by atoms with E-state index in [0.29, 0.717) is 58.2 Å². The summed E-state index contributed by atoms with van der Waals surface area (Å²) in [5.74, 6) is -3.05. The Kier molecular flexibility index (Phi) is 22.4. The van der Waals surface area contributed by atoms with Crippen LogP contribution in [0.3, 0.4) is 0 Å². The van der Waals surface area contributed by atoms with Crippen molar-refractivity contribution in [2.24, 2.45) is 44.6 Å². The zero-order valence-electron chi connectivity index (χ0n) is 38.5. The van der Waals surface area contributed by atoms with Crippen LogP contribution >= 0.6 is 0 Å². The molecule has 1 aliphatic carbocycles. The number of carboxylic acids is 1. The van der Waals surface area contributed by atoms with E-state index >= 15 is 0 Å². The van der Waals surface area contributed by atoms with Crippen molar-refractivity contribution in [3.8, 4) is 0 Å². The molecule has 5 amide bonds. The summed E-state index contributed by atoms with van der Waals surface area (Å²) >= 11 is 0. The SMILES string of the molecule is NC(N)=NCCC[C@@H](N)C(=O)N[C@@H](CCCN=C(N)N)C(=O)NCCCCCCCCCCCC(=O)N[C@@H](CO)C(=O)N1Cc2ccccc2C[C@@H]1C(=O)N1C(C(=O)O)C[C@@H]2CCCC[C@@H]21. The fraction of sp³-hybridized carbons (Fsp3) is 0.696. The predicted molar refractivity (Wildman–Crippen MR) is 251 cm³/mol. The molecule has 4 rings (SSSR count). The van der Waals surface area contributed by atoms with Crippen molar-refractivity contribution in [3.05, 3.63) is 35.4 Å². The zero-order chi connectivity index (χ0) is 48.0. The van der Waals surface area contributed by atoms with E-state index in [2.05, 4.69) is 25.9 Å². The molecule has 7 atom stereocenters. The van der Waals surface area contributed by atoms with Gasteiger partial charge in [0, 0.05) is 45.1 Å². The van der Waals surface area contributed by atoms with Crippen LogP contribution in [0.2, 0.25) is 0 Å². The van der Waals surface area contributed by atoms with Gasteiger partial charge in [0.05, 0.1) is 12.6 Å². The molecule has 1 aromatic carbocycles. The van der Waals surface area contributed by atoms with Gasteiger partial charge in [0.25, 0.3) is 0 Å². The molecular formula is C46H76N12O8. The Balaban J connectivity index is 1.13. The Hall–Kier alpha value is -5.50. The van der Waals surface area contributed by atoms with Gasteiger partial charge in [0.15, 0.2) is 11.9 Å². The number of rotatable bonds is 28. The van der Waals surface area contributed by atoms with Crippen molar-refractivity contribution >= 4 is 47.4 Å². The van der Waals surface area contributed by atoms with E-state index < -0.39 is 54.6 Å². The van der Waals surface area contributed by atoms with Gasteiger partial charge in [-0.3, -0.25) is 34.0 Å². The number of nitrogens with zero attached hydrogens (tertiary/aromatic N) is 4. The van der Waals surface area contributed by atoms with Crippen LogP contribution in [0.15, 0.2) is 34.3 Å². The van der Waals surface area contributed by atoms with Gasteiger partial charge < -0.3 is 64.6 Å². The van der Waals surface area contributed by atoms with Crippen LogP contribution in [0.4, 0.5) is 0 Å². The number of fused-ring (bicyclic) bond motifs is 2. The number of benzene rings is 1. The van der Waals surface area contributed by atoms with Crippen molar-refractivity contribution in [1.82, 2.24) is 25.8 Å². The quantitative estimate of drug-likeness (QED) is 0.0313. The van der Waals surface area contributed by atoms with E-state index in [1.165, 1.54) is 9.80 Å². The van der Waals surface area contributed by atoms with Gasteiger partial charge in [-0.1, -0.05) is 82.1 Å². The first-order valence-electron chi connectivity index (χ1n) is 24.0. The lowest BCUT2D eigenvalue weighted by Gasteiger charge is -2.42. The Labute approximate surface area is 388 Å². The lowest BCUT2D eigenvalue weighted by atomic mass is 9.84. The molecule has 1 saturated heterocycles. The average Bonchev–Trinajstić information content (AvgIpc) is 3.70. The molecule has 0 radical (unpaired) electrons. The van der Waals surface area contributed by atoms with Gasteiger partial charge in [-0.25, -0.2) is 4.79 Å². The monoisotopic (exact) mass is 925 g/mol. The third-order valence-corrected chi connectivity index (χ3v) is 13.0. The van der Waals surface area contributed by atoms with Crippen LogP contribution in [0.5, 0.6) is 0 Å². The number of hydrogen-bond acceptors (Lipinski definition) is 10. The van der Waals surface area contributed by atoms with Crippen molar-refractivity contribution in [3.63, 3.8) is 0 Å². The maximum absolute atomic E-state index is 14.4. The molecule has 1 aromatic rings. The van der Waals surface area contributed by atoms with Gasteiger partial charge in [0.1, 0.15) is 24.2 Å². The van der Waals surface area contributed by atoms with E-state index in [-0.39, 0.29) is 61.0 Å². The second-order valence-corrected chi connectivity index (χ2v) is 18.0. The van der Waals surface area contributed by atoms with Crippen LogP contribution in [0, 0.1) is 5.92 Å². The van der Waals surface area contributed by atoms with E-state index in [4.69, 9.17) is 28.7 Å². The molecule has 1 unspecified atom stereocenters. The van der Waals surface area contributed by atoms with E-state index in [0.717, 1.165) is 88.2 Å². The summed E-state index contributed by atoms with van der Waals surface area (Å²) in [7, 11) is 0. The predicted octanol–water partition coefficient (Wildman–Crippen LogP) is 0.598. The Morgan fingerprint density at radius 1 is 0.727 bits per heavy atom. The average molecular weight is 925 g/mol. The molecule has 2 heterocycles. The number of aliphatic hydroxyl groups excluding tert-OH is 1. The summed E-state index contributed by atoms with van der Waals surface area (Å²) in [6, 6.07) is 2.61. The van der Waals surface area contributed by atoms with Crippen LogP contribution in [0.1, 0.15) is 133 Å². The fourth-order valence-electron chi connectivity index (χ4n) is 9.48. The number of aliphatic carboxylic acids is 1. The zero-order valence-corrected chi connectivity index (χ0v) is 38.5. The number of aliphatic imine (C=N–C) groups is 2. The summed E-state index contributed by atoms with van der Waals surface area (Å²) in [5.41, 5.74) is 29.3. The summed E-state index contributed by atoms with van der Waals surface area (Å²) in [6.07, 6.45) is 14.1. The topological polar surface area (TPSA) is 340 Å². The second-order valence-electron chi connectivity index (χ2n) is 18.0. The van der Waals surface area contributed by atoms with Gasteiger partial charge in [-0.05, 0) is 74.8 Å². The minimum absolute atomic E-state index is 0.0342. The Morgan fingerprint density at radius 3 is 1.97 bits per heavy atom. The fourth-order valence-corrected chi connectivity index (χ4v) is 9.48. The molecule has 66 heavy (non-hydrogen) atoms. The first-order valence-corrected chi connectivity index (χ1v) is 24.0. The number of guanidine groups is 2. The molecule has 2 aliphatic heterocycles. The van der Waals surface area contributed by atoms with E-state index in [9.17, 15) is 39.0 Å². The molecule has 0 aromatic heterocycles. The molecule has 15 N–H and O–H groups in total. The van der Waals surface area contributed by atoms with Crippen molar-refractivity contribution in [2.75, 3.05) is 26.2 Å². The minimum atomic E-state index is -1.24. The standard InChI is InChI=1S/C46H76N12O8/c47-33(19-14-24-53-45(48)49)40(61)56-34(20-15-25-54-46(50)51)41(62)52-23-13-7-5-3-1-2-4-6-8-22-39(60)55-35(29-59)42(63)57-28-32-18-10-9-16-30(32)26-37(57)43(64)58-36-21-12-11-17-31(36)27-38(58)44(65)66/h9-10,16,18,31,33-38,59H,1-8,11-15,17,19-29,47H2,(H,52,62)(H,55,60)(H,56,61)(H,65,66)(H4,48,49,53)(H4,50,51,54)/t31-,33+,34-,35-,36-,37+,38?/m0/s1. The largest absolute Gasteiger partial charge is 0.480 e. The van der Waals surface area contributed by atoms with Gasteiger partial charge in [-0.15, -0.1) is 0 Å². The Morgan fingerprint density at radius 2 is 1.33 bits per heavy atom. The van der Waals surface area contributed by atoms with Crippen LogP contribution in [0.25, 0.3) is 0 Å². The molecule has 2 fully saturated rings. The summed E-state index contributed by atoms with van der Waals surface area (Å²) < 4.78 is 0. The van der Waals surface area contributed by atoms with Crippen molar-refractivity contribution in [2.45, 2.75) is 171 Å². The molecular weight excluding hydrogens is 849 g/mol. The first-order chi connectivity index (χ1) is 31.7. The molecule has 1 saturated carbocycles. The molecule has 368 valence electrons. The van der Waals surface area contributed by atoms with Crippen molar-refractivity contribution in [1.29, 1.82) is 0 Å². The number of carboxylic acid groups (broad SMARTS) is 1. The van der Waals surface area contributed by atoms with Crippen LogP contribution < -0.4 is 44.6 Å². The highest BCUT2D eigenvalue weighted by molar-refractivity contribution is 5.95. The second kappa shape index (κ2) is 27.9. The number of carbonyl (C=O) groups excluding carboxylic acids is 5. The number of carbonyl (C=O) groups is 6. The molecule has 3 aliphatic rings. The number of aliphatic hydroxyl groups is 1. The lowest BCUT2D eigenvalue weighted by Crippen LogP contribution is -2.61. The third kappa shape index (κ3) is 16.7.